The first-order valence-corrected chi connectivity index (χ1v) is 9.19. The average Bonchev–Trinajstić information content (AvgIpc) is 2.92. The Bertz CT molecular complexity index is 788. The quantitative estimate of drug-likeness (QED) is 0.474. The Morgan fingerprint density at radius 2 is 1.56 bits per heavy atom. The van der Waals surface area contributed by atoms with E-state index in [2.05, 4.69) is 6.58 Å². The lowest BCUT2D eigenvalue weighted by Gasteiger charge is -2.22. The van der Waals surface area contributed by atoms with Gasteiger partial charge in [0.25, 0.3) is 0 Å². The van der Waals surface area contributed by atoms with Crippen LogP contribution in [0.4, 0.5) is 26.3 Å². The highest BCUT2D eigenvalue weighted by molar-refractivity contribution is 8.13. The van der Waals surface area contributed by atoms with E-state index in [0.717, 1.165) is 4.13 Å². The van der Waals surface area contributed by atoms with Gasteiger partial charge in [0.15, 0.2) is 20.0 Å². The fourth-order valence-corrected chi connectivity index (χ4v) is 2.85. The summed E-state index contributed by atoms with van der Waals surface area (Å²) in [6, 6.07) is 0. The van der Waals surface area contributed by atoms with Crippen LogP contribution in [0.25, 0.3) is 10.3 Å². The van der Waals surface area contributed by atoms with Gasteiger partial charge in [-0.05, 0) is 0 Å². The summed E-state index contributed by atoms with van der Waals surface area (Å²) in [5.41, 5.74) is -12.4. The molecule has 0 saturated heterocycles. The SMILES string of the molecule is C=Cn1cc[n+](CC(O)CO)c1.O=S(=O)([N-]S(=O)(=O)C(F)(F)F)C(F)(F)F. The molecule has 0 aliphatic carbocycles. The van der Waals surface area contributed by atoms with Crippen LogP contribution in [0.5, 0.6) is 0 Å². The molecule has 1 rings (SSSR count). The molecular formula is C10H13F6N3O6S2. The molecule has 27 heavy (non-hydrogen) atoms. The average molecular weight is 449 g/mol. The van der Waals surface area contributed by atoms with E-state index >= 15 is 0 Å². The van der Waals surface area contributed by atoms with Gasteiger partial charge in [-0.1, -0.05) is 6.58 Å². The van der Waals surface area contributed by atoms with E-state index in [1.165, 1.54) is 0 Å². The third-order valence-electron chi connectivity index (χ3n) is 2.34. The fraction of sp³-hybridized carbons (Fsp3) is 0.500. The Labute approximate surface area is 149 Å². The topological polar surface area (TPSA) is 132 Å². The predicted molar refractivity (Wildman–Crippen MR) is 77.4 cm³/mol. The number of aliphatic hydroxyl groups excluding tert-OH is 2. The molecule has 0 radical (unpaired) electrons. The van der Waals surface area contributed by atoms with Crippen molar-refractivity contribution in [2.24, 2.45) is 0 Å². The zero-order valence-electron chi connectivity index (χ0n) is 13.0. The van der Waals surface area contributed by atoms with Crippen LogP contribution in [0.1, 0.15) is 0 Å². The van der Waals surface area contributed by atoms with Gasteiger partial charge in [-0.3, -0.25) is 0 Å². The molecule has 1 aromatic rings. The first kappa shape index (κ1) is 25.3. The lowest BCUT2D eigenvalue weighted by molar-refractivity contribution is -0.703. The van der Waals surface area contributed by atoms with Gasteiger partial charge in [0, 0.05) is 0 Å². The second-order valence-electron chi connectivity index (χ2n) is 4.49. The van der Waals surface area contributed by atoms with Crippen LogP contribution in [-0.4, -0.2) is 55.3 Å². The van der Waals surface area contributed by atoms with Crippen LogP contribution in [0, 0.1) is 0 Å². The molecule has 0 amide bonds. The molecule has 158 valence electrons. The number of aliphatic hydroxyl groups is 2. The Morgan fingerprint density at radius 1 is 1.11 bits per heavy atom. The Morgan fingerprint density at radius 3 is 1.85 bits per heavy atom. The van der Waals surface area contributed by atoms with E-state index in [0.29, 0.717) is 6.54 Å². The number of hydrogen-bond acceptors (Lipinski definition) is 6. The van der Waals surface area contributed by atoms with Gasteiger partial charge in [0.2, 0.25) is 6.33 Å². The van der Waals surface area contributed by atoms with Crippen molar-refractivity contribution in [3.8, 4) is 0 Å². The molecule has 0 aromatic carbocycles. The number of rotatable bonds is 6. The molecule has 0 aliphatic heterocycles. The fourth-order valence-electron chi connectivity index (χ4n) is 1.14. The van der Waals surface area contributed by atoms with E-state index in [4.69, 9.17) is 10.2 Å². The summed E-state index contributed by atoms with van der Waals surface area (Å²) >= 11 is 0. The molecule has 1 heterocycles. The molecule has 1 aromatic heterocycles. The van der Waals surface area contributed by atoms with Gasteiger partial charge in [-0.2, -0.15) is 26.3 Å². The van der Waals surface area contributed by atoms with Crippen LogP contribution >= 0.6 is 0 Å². The van der Waals surface area contributed by atoms with Gasteiger partial charge >= 0.3 is 11.0 Å². The normalized spacial score (nSPS) is 14.2. The van der Waals surface area contributed by atoms with Crippen molar-refractivity contribution in [2.45, 2.75) is 23.7 Å². The van der Waals surface area contributed by atoms with Crippen LogP contribution in [0.15, 0.2) is 25.3 Å². The molecule has 0 fully saturated rings. The number of aromatic nitrogens is 2. The van der Waals surface area contributed by atoms with Crippen molar-refractivity contribution < 1.29 is 58.0 Å². The minimum absolute atomic E-state index is 0.216. The second kappa shape index (κ2) is 9.00. The minimum Gasteiger partial charge on any atom is -0.421 e. The van der Waals surface area contributed by atoms with Gasteiger partial charge in [0.1, 0.15) is 25.0 Å². The summed E-state index contributed by atoms with van der Waals surface area (Å²) in [5.74, 6) is 0. The zero-order valence-corrected chi connectivity index (χ0v) is 14.6. The van der Waals surface area contributed by atoms with Crippen LogP contribution in [0.3, 0.4) is 0 Å². The Balaban J connectivity index is 0.000000511. The van der Waals surface area contributed by atoms with Crippen molar-refractivity contribution >= 4 is 26.2 Å². The van der Waals surface area contributed by atoms with Crippen LogP contribution in [0.2, 0.25) is 0 Å². The summed E-state index contributed by atoms with van der Waals surface area (Å²) in [6.07, 6.45) is 6.36. The van der Waals surface area contributed by atoms with E-state index in [9.17, 15) is 43.2 Å². The molecule has 1 atom stereocenters. The van der Waals surface area contributed by atoms with E-state index in [-0.39, 0.29) is 6.61 Å². The number of nitrogens with zero attached hydrogens (tertiary/aromatic N) is 3. The summed E-state index contributed by atoms with van der Waals surface area (Å²) in [4.78, 5) is 0. The van der Waals surface area contributed by atoms with Gasteiger partial charge in [-0.15, -0.1) is 0 Å². The summed E-state index contributed by atoms with van der Waals surface area (Å²) < 4.78 is 113. The standard InChI is InChI=1S/C8H13N2O2.C2F6NO4S2/c1-2-9-3-4-10(7-9)5-8(12)6-11;3-1(4,5)14(10,11)9-15(12,13)2(6,7)8/h2-4,7-8,11-12H,1,5-6H2;/q+1;-1. The van der Waals surface area contributed by atoms with Gasteiger partial charge in [-0.25, -0.2) is 26.0 Å². The number of hydrogen-bond donors (Lipinski definition) is 2. The second-order valence-corrected chi connectivity index (χ2v) is 7.92. The van der Waals surface area contributed by atoms with Gasteiger partial charge in [0.05, 0.1) is 12.8 Å². The number of sulfonamides is 2. The molecule has 17 heteroatoms. The van der Waals surface area contributed by atoms with E-state index < -0.39 is 37.2 Å². The van der Waals surface area contributed by atoms with Crippen LogP contribution < -0.4 is 4.57 Å². The van der Waals surface area contributed by atoms with Crippen LogP contribution in [-0.2, 0) is 26.6 Å². The highest BCUT2D eigenvalue weighted by Crippen LogP contribution is 2.36. The maximum absolute atomic E-state index is 11.4. The third-order valence-corrected chi connectivity index (χ3v) is 5.08. The number of imidazole rings is 1. The summed E-state index contributed by atoms with van der Waals surface area (Å²) in [5, 5.41) is 17.7. The molecule has 2 N–H and O–H groups in total. The maximum Gasteiger partial charge on any atom is 0.480 e. The van der Waals surface area contributed by atoms with Crippen molar-refractivity contribution in [2.75, 3.05) is 6.61 Å². The number of halogens is 6. The largest absolute Gasteiger partial charge is 0.480 e. The molecule has 9 nitrogen and oxygen atoms in total. The monoisotopic (exact) mass is 449 g/mol. The molecule has 0 spiro atoms. The predicted octanol–water partition coefficient (Wildman–Crippen LogP) is 0.289. The molecule has 0 aliphatic rings. The van der Waals surface area contributed by atoms with Crippen molar-refractivity contribution in [3.05, 3.63) is 29.4 Å². The molecular weight excluding hydrogens is 436 g/mol. The first-order chi connectivity index (χ1) is 12.0. The molecule has 1 unspecified atom stereocenters. The Hall–Kier alpha value is -1.69. The van der Waals surface area contributed by atoms with E-state index in [1.54, 1.807) is 27.9 Å². The first-order valence-electron chi connectivity index (χ1n) is 6.31. The number of alkyl halides is 6. The van der Waals surface area contributed by atoms with Crippen molar-refractivity contribution in [3.63, 3.8) is 0 Å². The highest BCUT2D eigenvalue weighted by Gasteiger charge is 2.46. The lowest BCUT2D eigenvalue weighted by Crippen LogP contribution is -2.39. The highest BCUT2D eigenvalue weighted by atomic mass is 32.3. The smallest absolute Gasteiger partial charge is 0.421 e. The molecule has 0 saturated carbocycles. The maximum atomic E-state index is 11.4. The Kier molecular flexibility index (Phi) is 8.44. The molecule has 0 bridgehead atoms. The lowest BCUT2D eigenvalue weighted by atomic mass is 10.4. The summed E-state index contributed by atoms with van der Waals surface area (Å²) in [7, 11) is -13.4. The van der Waals surface area contributed by atoms with Crippen molar-refractivity contribution in [1.29, 1.82) is 0 Å². The van der Waals surface area contributed by atoms with E-state index in [1.807, 2.05) is 6.20 Å². The van der Waals surface area contributed by atoms with Gasteiger partial charge < -0.3 is 14.3 Å². The van der Waals surface area contributed by atoms with Crippen molar-refractivity contribution in [1.82, 2.24) is 4.57 Å². The third kappa shape index (κ3) is 7.83. The summed E-state index contributed by atoms with van der Waals surface area (Å²) in [6.45, 7) is 3.77. The minimum atomic E-state index is -6.72. The zero-order chi connectivity index (χ0) is 21.7.